The van der Waals surface area contributed by atoms with Crippen LogP contribution in [0.3, 0.4) is 0 Å². The van der Waals surface area contributed by atoms with Crippen molar-refractivity contribution >= 4 is 23.6 Å². The zero-order valence-corrected chi connectivity index (χ0v) is 15.2. The average Bonchev–Trinajstić information content (AvgIpc) is 2.66. The summed E-state index contributed by atoms with van der Waals surface area (Å²) in [5.74, 6) is 0.0560. The van der Waals surface area contributed by atoms with Crippen molar-refractivity contribution in [1.29, 1.82) is 0 Å². The van der Waals surface area contributed by atoms with Crippen LogP contribution in [0.5, 0.6) is 5.75 Å². The highest BCUT2D eigenvalue weighted by atomic mass is 35.5. The van der Waals surface area contributed by atoms with Gasteiger partial charge in [0, 0.05) is 23.6 Å². The highest BCUT2D eigenvalue weighted by Crippen LogP contribution is 2.14. The zero-order chi connectivity index (χ0) is 19.1. The van der Waals surface area contributed by atoms with Gasteiger partial charge in [0.1, 0.15) is 11.5 Å². The van der Waals surface area contributed by atoms with Gasteiger partial charge in [0.15, 0.2) is 0 Å². The van der Waals surface area contributed by atoms with Crippen molar-refractivity contribution in [3.63, 3.8) is 0 Å². The lowest BCUT2D eigenvalue weighted by Crippen LogP contribution is -2.08. The highest BCUT2D eigenvalue weighted by Gasteiger charge is 2.07. The number of carbonyl (C=O) groups is 1. The first-order valence-electron chi connectivity index (χ1n) is 8.42. The summed E-state index contributed by atoms with van der Waals surface area (Å²) in [7, 11) is 0. The summed E-state index contributed by atoms with van der Waals surface area (Å²) >= 11 is 5.82. The predicted molar refractivity (Wildman–Crippen MR) is 105 cm³/mol. The maximum atomic E-state index is 12.0. The Kier molecular flexibility index (Phi) is 6.23. The van der Waals surface area contributed by atoms with Crippen molar-refractivity contribution < 1.29 is 13.9 Å². The molecule has 0 fully saturated rings. The lowest BCUT2D eigenvalue weighted by molar-refractivity contribution is -0.128. The monoisotopic (exact) mass is 380 g/mol. The Labute approximate surface area is 161 Å². The molecular formula is C22H17ClO4. The van der Waals surface area contributed by atoms with Gasteiger partial charge in [-0.3, -0.25) is 0 Å². The number of carbonyl (C=O) groups excluding carboxylic acids is 1. The molecule has 0 saturated heterocycles. The van der Waals surface area contributed by atoms with Gasteiger partial charge in [-0.25, -0.2) is 9.59 Å². The third kappa shape index (κ3) is 5.97. The molecule has 0 aliphatic carbocycles. The topological polar surface area (TPSA) is 56.5 Å². The Hall–Kier alpha value is -3.11. The molecule has 1 heterocycles. The second-order valence-corrected chi connectivity index (χ2v) is 6.31. The maximum absolute atomic E-state index is 12.0. The lowest BCUT2D eigenvalue weighted by Gasteiger charge is -2.04. The minimum atomic E-state index is -0.579. The van der Waals surface area contributed by atoms with Crippen LogP contribution in [0, 0.1) is 0 Å². The van der Waals surface area contributed by atoms with Gasteiger partial charge in [-0.2, -0.15) is 0 Å². The van der Waals surface area contributed by atoms with Crippen LogP contribution in [-0.4, -0.2) is 5.97 Å². The lowest BCUT2D eigenvalue weighted by atomic mass is 10.1. The van der Waals surface area contributed by atoms with E-state index < -0.39 is 11.6 Å². The van der Waals surface area contributed by atoms with Crippen molar-refractivity contribution in [2.24, 2.45) is 0 Å². The first-order valence-corrected chi connectivity index (χ1v) is 8.80. The van der Waals surface area contributed by atoms with Crippen LogP contribution in [0.1, 0.15) is 16.9 Å². The van der Waals surface area contributed by atoms with E-state index in [1.807, 2.05) is 30.3 Å². The Morgan fingerprint density at radius 1 is 1.00 bits per heavy atom. The fourth-order valence-corrected chi connectivity index (χ4v) is 2.61. The Balaban J connectivity index is 1.64. The number of benzene rings is 2. The molecule has 4 nitrogen and oxygen atoms in total. The summed E-state index contributed by atoms with van der Waals surface area (Å²) in [4.78, 5) is 23.7. The Bertz CT molecular complexity index is 989. The van der Waals surface area contributed by atoms with Gasteiger partial charge in [0.2, 0.25) is 0 Å². The molecular weight excluding hydrogens is 364 g/mol. The number of hydrogen-bond donors (Lipinski definition) is 0. The van der Waals surface area contributed by atoms with Crippen LogP contribution in [-0.2, 0) is 17.6 Å². The first kappa shape index (κ1) is 18.7. The van der Waals surface area contributed by atoms with Crippen LogP contribution in [0.2, 0.25) is 5.02 Å². The number of hydrogen-bond acceptors (Lipinski definition) is 4. The minimum absolute atomic E-state index is 0.167. The number of halogens is 1. The predicted octanol–water partition coefficient (Wildman–Crippen LogP) is 4.70. The largest absolute Gasteiger partial charge is 0.428 e. The fraction of sp³-hybridized carbons (Fsp3) is 0.0909. The van der Waals surface area contributed by atoms with E-state index >= 15 is 0 Å². The number of aryl methyl sites for hydroxylation is 2. The van der Waals surface area contributed by atoms with Gasteiger partial charge in [-0.1, -0.05) is 54.1 Å². The number of ether oxygens (including phenoxy) is 1. The molecule has 5 heteroatoms. The second-order valence-electron chi connectivity index (χ2n) is 5.87. The molecule has 0 spiro atoms. The van der Waals surface area contributed by atoms with Gasteiger partial charge in [-0.05, 0) is 35.8 Å². The molecule has 0 atom stereocenters. The van der Waals surface area contributed by atoms with Crippen LogP contribution in [0.4, 0.5) is 0 Å². The molecule has 0 radical (unpaired) electrons. The van der Waals surface area contributed by atoms with Crippen molar-refractivity contribution in [1.82, 2.24) is 0 Å². The molecule has 0 unspecified atom stereocenters. The number of rotatable bonds is 6. The molecule has 2 aromatic carbocycles. The van der Waals surface area contributed by atoms with E-state index in [-0.39, 0.29) is 5.75 Å². The first-order chi connectivity index (χ1) is 13.1. The minimum Gasteiger partial charge on any atom is -0.428 e. The maximum Gasteiger partial charge on any atom is 0.339 e. The molecule has 27 heavy (non-hydrogen) atoms. The standard InChI is InChI=1S/C22H17ClO4/c23-18-10-6-17(7-11-18)9-13-21(24)27-20-14-19(26-22(25)15-20)12-8-16-4-2-1-3-5-16/h1-7,9-11,13-15H,8,12H2/b13-9+. The Morgan fingerprint density at radius 3 is 2.48 bits per heavy atom. The van der Waals surface area contributed by atoms with Gasteiger partial charge >= 0.3 is 11.6 Å². The quantitative estimate of drug-likeness (QED) is 0.459. The summed E-state index contributed by atoms with van der Waals surface area (Å²) in [6.45, 7) is 0. The third-order valence-corrected chi connectivity index (χ3v) is 4.05. The molecule has 0 N–H and O–H groups in total. The molecule has 0 aliphatic heterocycles. The van der Waals surface area contributed by atoms with E-state index in [0.29, 0.717) is 17.2 Å². The summed E-state index contributed by atoms with van der Waals surface area (Å²) in [5, 5.41) is 0.619. The summed E-state index contributed by atoms with van der Waals surface area (Å²) in [6.07, 6.45) is 4.16. The van der Waals surface area contributed by atoms with Crippen molar-refractivity contribution in [3.8, 4) is 5.75 Å². The molecule has 0 aliphatic rings. The van der Waals surface area contributed by atoms with Crippen molar-refractivity contribution in [2.75, 3.05) is 0 Å². The second kappa shape index (κ2) is 9.01. The molecule has 3 rings (SSSR count). The van der Waals surface area contributed by atoms with Crippen LogP contribution in [0.15, 0.2) is 82.0 Å². The smallest absolute Gasteiger partial charge is 0.339 e. The van der Waals surface area contributed by atoms with Crippen LogP contribution < -0.4 is 10.4 Å². The van der Waals surface area contributed by atoms with E-state index in [4.69, 9.17) is 20.8 Å². The third-order valence-electron chi connectivity index (χ3n) is 3.80. The van der Waals surface area contributed by atoms with Crippen LogP contribution >= 0.6 is 11.6 Å². The summed E-state index contributed by atoms with van der Waals surface area (Å²) in [5.41, 5.74) is 1.39. The van der Waals surface area contributed by atoms with Crippen LogP contribution in [0.25, 0.3) is 6.08 Å². The van der Waals surface area contributed by atoms with Crippen molar-refractivity contribution in [3.05, 3.63) is 105 Å². The van der Waals surface area contributed by atoms with E-state index in [9.17, 15) is 9.59 Å². The molecule has 136 valence electrons. The summed E-state index contributed by atoms with van der Waals surface area (Å²) < 4.78 is 10.4. The van der Waals surface area contributed by atoms with Gasteiger partial charge in [-0.15, -0.1) is 0 Å². The molecule has 0 bridgehead atoms. The van der Waals surface area contributed by atoms with E-state index in [2.05, 4.69) is 0 Å². The number of esters is 1. The molecule has 0 amide bonds. The van der Waals surface area contributed by atoms with Crippen molar-refractivity contribution in [2.45, 2.75) is 12.8 Å². The normalized spacial score (nSPS) is 10.9. The Morgan fingerprint density at radius 2 is 1.74 bits per heavy atom. The molecule has 1 aromatic heterocycles. The van der Waals surface area contributed by atoms with Gasteiger partial charge in [0.05, 0.1) is 6.07 Å². The van der Waals surface area contributed by atoms with E-state index in [0.717, 1.165) is 23.6 Å². The highest BCUT2D eigenvalue weighted by molar-refractivity contribution is 6.30. The summed E-state index contributed by atoms with van der Waals surface area (Å²) in [6, 6.07) is 19.6. The zero-order valence-electron chi connectivity index (χ0n) is 14.4. The molecule has 3 aromatic rings. The van der Waals surface area contributed by atoms with E-state index in [1.165, 1.54) is 6.08 Å². The fourth-order valence-electron chi connectivity index (χ4n) is 2.49. The van der Waals surface area contributed by atoms with E-state index in [1.54, 1.807) is 36.4 Å². The molecule has 0 saturated carbocycles. The van der Waals surface area contributed by atoms with Gasteiger partial charge in [0.25, 0.3) is 0 Å². The van der Waals surface area contributed by atoms with Gasteiger partial charge < -0.3 is 9.15 Å². The average molecular weight is 381 g/mol. The SMILES string of the molecule is O=C(/C=C/c1ccc(Cl)cc1)Oc1cc(CCc2ccccc2)oc(=O)c1.